The van der Waals surface area contributed by atoms with Crippen LogP contribution < -0.4 is 4.74 Å². The monoisotopic (exact) mass is 482 g/mol. The molecule has 3 rings (SSSR count). The van der Waals surface area contributed by atoms with Gasteiger partial charge < -0.3 is 14.7 Å². The van der Waals surface area contributed by atoms with E-state index < -0.39 is 0 Å². The molecular weight excluding hydrogens is 444 g/mol. The van der Waals surface area contributed by atoms with Crippen LogP contribution in [0.2, 0.25) is 0 Å². The fourth-order valence-corrected chi connectivity index (χ4v) is 4.16. The summed E-state index contributed by atoms with van der Waals surface area (Å²) in [6.45, 7) is 4.89. The van der Waals surface area contributed by atoms with E-state index in [2.05, 4.69) is 36.0 Å². The van der Waals surface area contributed by atoms with Gasteiger partial charge in [0.2, 0.25) is 0 Å². The van der Waals surface area contributed by atoms with Crippen LogP contribution in [0.25, 0.3) is 17.5 Å². The van der Waals surface area contributed by atoms with Crippen molar-refractivity contribution >= 4 is 24.2 Å². The second-order valence-electron chi connectivity index (χ2n) is 8.75. The Morgan fingerprint density at radius 3 is 2.38 bits per heavy atom. The van der Waals surface area contributed by atoms with Crippen molar-refractivity contribution < 1.29 is 4.74 Å². The van der Waals surface area contributed by atoms with Crippen molar-refractivity contribution in [3.8, 4) is 23.2 Å². The van der Waals surface area contributed by atoms with E-state index in [1.807, 2.05) is 30.5 Å². The highest BCUT2D eigenvalue weighted by Gasteiger charge is 2.20. The van der Waals surface area contributed by atoms with Crippen LogP contribution in [-0.4, -0.2) is 22.3 Å². The SMILES string of the molecule is CCCCCCCCCCCC1=NC(=Cc2[nH]c(-c3ccc[nH]3)c(C#N)c2OCCC)C=C1.Cl. The minimum absolute atomic E-state index is 0. The minimum Gasteiger partial charge on any atom is -0.490 e. The number of allylic oxidation sites excluding steroid dienone is 2. The first-order valence-electron chi connectivity index (χ1n) is 12.7. The summed E-state index contributed by atoms with van der Waals surface area (Å²) in [5, 5.41) is 9.80. The van der Waals surface area contributed by atoms with Gasteiger partial charge in [0.25, 0.3) is 0 Å². The van der Waals surface area contributed by atoms with Crippen molar-refractivity contribution in [1.82, 2.24) is 9.97 Å². The molecular formula is C28H39ClN4O. The Labute approximate surface area is 210 Å². The van der Waals surface area contributed by atoms with E-state index in [1.165, 1.54) is 57.8 Å². The van der Waals surface area contributed by atoms with Gasteiger partial charge in [0.05, 0.1) is 29.4 Å². The van der Waals surface area contributed by atoms with Crippen molar-refractivity contribution in [2.24, 2.45) is 4.99 Å². The second kappa shape index (κ2) is 15.2. The molecule has 0 atom stereocenters. The first-order valence-corrected chi connectivity index (χ1v) is 12.7. The summed E-state index contributed by atoms with van der Waals surface area (Å²) >= 11 is 0. The lowest BCUT2D eigenvalue weighted by Crippen LogP contribution is -1.97. The molecule has 5 nitrogen and oxygen atoms in total. The Morgan fingerprint density at radius 2 is 1.74 bits per heavy atom. The third-order valence-corrected chi connectivity index (χ3v) is 5.96. The summed E-state index contributed by atoms with van der Waals surface area (Å²) < 4.78 is 5.97. The summed E-state index contributed by atoms with van der Waals surface area (Å²) in [6, 6.07) is 6.18. The third kappa shape index (κ3) is 7.95. The van der Waals surface area contributed by atoms with Crippen LogP contribution in [0.3, 0.4) is 0 Å². The predicted molar refractivity (Wildman–Crippen MR) is 145 cm³/mol. The average Bonchev–Trinajstić information content (AvgIpc) is 3.57. The molecule has 0 aliphatic carbocycles. The van der Waals surface area contributed by atoms with Crippen LogP contribution in [0.4, 0.5) is 0 Å². The zero-order valence-electron chi connectivity index (χ0n) is 20.7. The number of hydrogen-bond acceptors (Lipinski definition) is 3. The first kappa shape index (κ1) is 27.5. The van der Waals surface area contributed by atoms with Crippen LogP contribution in [0.5, 0.6) is 5.75 Å². The van der Waals surface area contributed by atoms with Crippen LogP contribution in [-0.2, 0) is 0 Å². The highest BCUT2D eigenvalue weighted by molar-refractivity contribution is 5.99. The number of nitriles is 1. The fourth-order valence-electron chi connectivity index (χ4n) is 4.16. The highest BCUT2D eigenvalue weighted by Crippen LogP contribution is 2.35. The van der Waals surface area contributed by atoms with E-state index in [9.17, 15) is 5.26 Å². The number of aliphatic imine (C=N–C) groups is 1. The number of nitrogens with one attached hydrogen (secondary N) is 2. The molecule has 0 aromatic carbocycles. The summed E-state index contributed by atoms with van der Waals surface area (Å²) in [5.74, 6) is 0.604. The van der Waals surface area contributed by atoms with E-state index in [1.54, 1.807) is 0 Å². The van der Waals surface area contributed by atoms with Crippen molar-refractivity contribution in [1.29, 1.82) is 5.26 Å². The molecule has 2 aromatic heterocycles. The van der Waals surface area contributed by atoms with Gasteiger partial charge in [0.15, 0.2) is 5.75 Å². The number of H-pyrrole nitrogens is 2. The number of aromatic amines is 2. The summed E-state index contributed by atoms with van der Waals surface area (Å²) in [6.07, 6.45) is 21.9. The van der Waals surface area contributed by atoms with Crippen molar-refractivity contribution in [3.05, 3.63) is 47.4 Å². The van der Waals surface area contributed by atoms with E-state index in [4.69, 9.17) is 9.73 Å². The second-order valence-corrected chi connectivity index (χ2v) is 8.75. The Hall–Kier alpha value is -2.71. The maximum Gasteiger partial charge on any atom is 0.162 e. The predicted octanol–water partition coefficient (Wildman–Crippen LogP) is 8.36. The molecule has 6 heteroatoms. The van der Waals surface area contributed by atoms with Crippen LogP contribution >= 0.6 is 12.4 Å². The molecule has 0 bridgehead atoms. The van der Waals surface area contributed by atoms with Crippen LogP contribution in [0.1, 0.15) is 95.7 Å². The molecule has 2 N–H and O–H groups in total. The number of unbranched alkanes of at least 4 members (excludes halogenated alkanes) is 8. The number of halogens is 1. The Morgan fingerprint density at radius 1 is 1.00 bits per heavy atom. The molecule has 34 heavy (non-hydrogen) atoms. The molecule has 184 valence electrons. The molecule has 0 spiro atoms. The molecule has 0 saturated heterocycles. The fraction of sp³-hybridized carbons (Fsp3) is 0.500. The molecule has 0 unspecified atom stereocenters. The maximum atomic E-state index is 9.80. The molecule has 1 aliphatic heterocycles. The van der Waals surface area contributed by atoms with E-state index in [-0.39, 0.29) is 12.4 Å². The average molecular weight is 483 g/mol. The van der Waals surface area contributed by atoms with Crippen molar-refractivity contribution in [3.63, 3.8) is 0 Å². The number of rotatable bonds is 15. The number of nitrogens with zero attached hydrogens (tertiary/aromatic N) is 2. The third-order valence-electron chi connectivity index (χ3n) is 5.96. The standard InChI is InChI=1S/C28H38N4O.ClH/c1-3-5-6-7-8-9-10-11-12-14-22-16-17-23(31-22)20-26-28(33-19-4-2)24(21-29)27(32-26)25-15-13-18-30-25;/h13,15-18,20,30,32H,3-12,14,19H2,1-2H3;1H. The van der Waals surface area contributed by atoms with Gasteiger partial charge in [-0.25, -0.2) is 0 Å². The maximum absolute atomic E-state index is 9.80. The quantitative estimate of drug-likeness (QED) is 0.250. The van der Waals surface area contributed by atoms with Gasteiger partial charge in [-0.2, -0.15) is 5.26 Å². The highest BCUT2D eigenvalue weighted by atomic mass is 35.5. The van der Waals surface area contributed by atoms with E-state index in [0.717, 1.165) is 41.3 Å². The van der Waals surface area contributed by atoms with Gasteiger partial charge in [0.1, 0.15) is 11.6 Å². The van der Waals surface area contributed by atoms with E-state index in [0.29, 0.717) is 17.9 Å². The molecule has 0 saturated carbocycles. The molecule has 0 amide bonds. The normalized spacial score (nSPS) is 13.7. The zero-order valence-corrected chi connectivity index (χ0v) is 21.5. The smallest absolute Gasteiger partial charge is 0.162 e. The molecule has 0 fully saturated rings. The summed E-state index contributed by atoms with van der Waals surface area (Å²) in [7, 11) is 0. The zero-order chi connectivity index (χ0) is 23.3. The molecule has 1 aliphatic rings. The lowest BCUT2D eigenvalue weighted by molar-refractivity contribution is 0.316. The number of hydrogen-bond donors (Lipinski definition) is 2. The van der Waals surface area contributed by atoms with Gasteiger partial charge in [0, 0.05) is 11.9 Å². The Balaban J connectivity index is 0.00000408. The van der Waals surface area contributed by atoms with Gasteiger partial charge in [-0.3, -0.25) is 4.99 Å². The van der Waals surface area contributed by atoms with Crippen LogP contribution in [0, 0.1) is 11.3 Å². The largest absolute Gasteiger partial charge is 0.490 e. The minimum atomic E-state index is 0. The Kier molecular flexibility index (Phi) is 12.3. The summed E-state index contributed by atoms with van der Waals surface area (Å²) in [5.41, 5.74) is 4.97. The number of ether oxygens (including phenoxy) is 1. The van der Waals surface area contributed by atoms with Crippen LogP contribution in [0.15, 0.2) is 41.2 Å². The van der Waals surface area contributed by atoms with Gasteiger partial charge in [-0.05, 0) is 49.6 Å². The van der Waals surface area contributed by atoms with Crippen molar-refractivity contribution in [2.75, 3.05) is 6.61 Å². The summed E-state index contributed by atoms with van der Waals surface area (Å²) in [4.78, 5) is 11.4. The lowest BCUT2D eigenvalue weighted by Gasteiger charge is -2.04. The lowest BCUT2D eigenvalue weighted by atomic mass is 10.1. The van der Waals surface area contributed by atoms with Gasteiger partial charge >= 0.3 is 0 Å². The van der Waals surface area contributed by atoms with Gasteiger partial charge in [-0.15, -0.1) is 12.4 Å². The van der Waals surface area contributed by atoms with E-state index >= 15 is 0 Å². The molecule has 0 radical (unpaired) electrons. The number of aromatic nitrogens is 2. The van der Waals surface area contributed by atoms with Gasteiger partial charge in [-0.1, -0.05) is 65.2 Å². The molecule has 3 heterocycles. The first-order chi connectivity index (χ1) is 16.3. The van der Waals surface area contributed by atoms with Crippen molar-refractivity contribution in [2.45, 2.75) is 84.5 Å². The molecule has 2 aromatic rings. The Bertz CT molecular complexity index is 993. The topological polar surface area (TPSA) is 77.0 Å².